The Morgan fingerprint density at radius 2 is 1.71 bits per heavy atom. The standard InChI is InChI=1S/C24H27N3O7/c1-5-15-17(21(28)32-4)13(3)19(25-15)23(30)34-12-16-18(22(29)33-6-2)20(27-24(31)26-16)14-10-8-7-9-11-14/h7-11,20,25H,5-6,12H2,1-4H3,(H2,26,27,31). The number of methoxy groups -OCH3 is 1. The van der Waals surface area contributed by atoms with Crippen molar-refractivity contribution < 1.29 is 33.4 Å². The Kier molecular flexibility index (Phi) is 7.72. The molecular formula is C24H27N3O7. The van der Waals surface area contributed by atoms with Gasteiger partial charge in [-0.25, -0.2) is 19.2 Å². The molecule has 1 aromatic heterocycles. The molecule has 1 atom stereocenters. The van der Waals surface area contributed by atoms with Gasteiger partial charge in [0, 0.05) is 5.69 Å². The first-order valence-corrected chi connectivity index (χ1v) is 10.8. The number of aromatic nitrogens is 1. The topological polar surface area (TPSA) is 136 Å². The third-order valence-corrected chi connectivity index (χ3v) is 5.40. The lowest BCUT2D eigenvalue weighted by Gasteiger charge is -2.29. The monoisotopic (exact) mass is 469 g/mol. The van der Waals surface area contributed by atoms with Crippen LogP contribution in [0, 0.1) is 6.92 Å². The van der Waals surface area contributed by atoms with Crippen LogP contribution in [0.1, 0.15) is 57.6 Å². The summed E-state index contributed by atoms with van der Waals surface area (Å²) >= 11 is 0. The van der Waals surface area contributed by atoms with Crippen LogP contribution in [0.3, 0.4) is 0 Å². The maximum Gasteiger partial charge on any atom is 0.355 e. The van der Waals surface area contributed by atoms with Crippen molar-refractivity contribution in [1.29, 1.82) is 0 Å². The number of hydrogen-bond donors (Lipinski definition) is 3. The van der Waals surface area contributed by atoms with E-state index >= 15 is 0 Å². The van der Waals surface area contributed by atoms with Gasteiger partial charge in [-0.05, 0) is 31.4 Å². The van der Waals surface area contributed by atoms with Crippen molar-refractivity contribution in [3.63, 3.8) is 0 Å². The highest BCUT2D eigenvalue weighted by Crippen LogP contribution is 2.28. The van der Waals surface area contributed by atoms with E-state index in [2.05, 4.69) is 15.6 Å². The molecule has 0 bridgehead atoms. The molecule has 0 fully saturated rings. The number of hydrogen-bond acceptors (Lipinski definition) is 7. The molecule has 34 heavy (non-hydrogen) atoms. The average Bonchev–Trinajstić information content (AvgIpc) is 3.18. The van der Waals surface area contributed by atoms with E-state index in [0.717, 1.165) is 0 Å². The Morgan fingerprint density at radius 1 is 1.00 bits per heavy atom. The molecule has 1 aliphatic rings. The lowest BCUT2D eigenvalue weighted by atomic mass is 9.95. The van der Waals surface area contributed by atoms with Gasteiger partial charge < -0.3 is 29.8 Å². The Bertz CT molecular complexity index is 1130. The highest BCUT2D eigenvalue weighted by molar-refractivity contribution is 5.99. The smallest absolute Gasteiger partial charge is 0.355 e. The van der Waals surface area contributed by atoms with E-state index in [1.54, 1.807) is 38.1 Å². The van der Waals surface area contributed by atoms with Gasteiger partial charge in [0.15, 0.2) is 0 Å². The number of ether oxygens (including phenoxy) is 3. The number of H-pyrrole nitrogens is 1. The summed E-state index contributed by atoms with van der Waals surface area (Å²) in [5.74, 6) is -1.96. The lowest BCUT2D eigenvalue weighted by Crippen LogP contribution is -2.47. The van der Waals surface area contributed by atoms with Crippen LogP contribution in [0.2, 0.25) is 0 Å². The molecule has 0 saturated heterocycles. The lowest BCUT2D eigenvalue weighted by molar-refractivity contribution is -0.139. The number of benzene rings is 1. The first kappa shape index (κ1) is 24.6. The summed E-state index contributed by atoms with van der Waals surface area (Å²) in [6.07, 6.45) is 0.469. The summed E-state index contributed by atoms with van der Waals surface area (Å²) in [6, 6.07) is 7.57. The third-order valence-electron chi connectivity index (χ3n) is 5.40. The predicted molar refractivity (Wildman–Crippen MR) is 121 cm³/mol. The SMILES string of the molecule is CCOC(=O)C1=C(COC(=O)c2[nH]c(CC)c(C(=O)OC)c2C)NC(=O)NC1c1ccccc1. The number of carbonyl (C=O) groups is 4. The van der Waals surface area contributed by atoms with E-state index in [0.29, 0.717) is 23.2 Å². The van der Waals surface area contributed by atoms with Gasteiger partial charge in [0.2, 0.25) is 0 Å². The predicted octanol–water partition coefficient (Wildman–Crippen LogP) is 2.70. The van der Waals surface area contributed by atoms with Crippen LogP contribution in [-0.2, 0) is 25.4 Å². The number of aromatic amines is 1. The van der Waals surface area contributed by atoms with Gasteiger partial charge in [-0.2, -0.15) is 0 Å². The van der Waals surface area contributed by atoms with Gasteiger partial charge in [-0.15, -0.1) is 0 Å². The fraction of sp³-hybridized carbons (Fsp3) is 0.333. The van der Waals surface area contributed by atoms with Crippen molar-refractivity contribution in [3.05, 3.63) is 69.7 Å². The first-order valence-electron chi connectivity index (χ1n) is 10.8. The van der Waals surface area contributed by atoms with E-state index < -0.39 is 36.6 Å². The van der Waals surface area contributed by atoms with Crippen LogP contribution in [0.5, 0.6) is 0 Å². The summed E-state index contributed by atoms with van der Waals surface area (Å²) in [7, 11) is 1.26. The van der Waals surface area contributed by atoms with Crippen LogP contribution in [0.25, 0.3) is 0 Å². The van der Waals surface area contributed by atoms with Crippen LogP contribution >= 0.6 is 0 Å². The minimum absolute atomic E-state index is 0.0930. The van der Waals surface area contributed by atoms with Gasteiger partial charge in [0.05, 0.1) is 36.6 Å². The van der Waals surface area contributed by atoms with Crippen LogP contribution in [0.15, 0.2) is 41.6 Å². The van der Waals surface area contributed by atoms with Crippen molar-refractivity contribution in [2.75, 3.05) is 20.3 Å². The molecule has 1 unspecified atom stereocenters. The van der Waals surface area contributed by atoms with Gasteiger partial charge in [-0.1, -0.05) is 37.3 Å². The number of amides is 2. The Hall–Kier alpha value is -4.08. The van der Waals surface area contributed by atoms with Crippen LogP contribution < -0.4 is 10.6 Å². The minimum atomic E-state index is -0.785. The zero-order valence-electron chi connectivity index (χ0n) is 19.4. The second-order valence-electron chi connectivity index (χ2n) is 7.45. The van der Waals surface area contributed by atoms with Crippen molar-refractivity contribution >= 4 is 23.9 Å². The van der Waals surface area contributed by atoms with Crippen molar-refractivity contribution in [2.24, 2.45) is 0 Å². The molecule has 0 spiro atoms. The third kappa shape index (κ3) is 4.95. The highest BCUT2D eigenvalue weighted by atomic mass is 16.5. The summed E-state index contributed by atoms with van der Waals surface area (Å²) in [5, 5.41) is 5.26. The van der Waals surface area contributed by atoms with Gasteiger partial charge in [-0.3, -0.25) is 0 Å². The average molecular weight is 469 g/mol. The summed E-state index contributed by atoms with van der Waals surface area (Å²) in [6.45, 7) is 4.85. The molecule has 10 nitrogen and oxygen atoms in total. The zero-order valence-corrected chi connectivity index (χ0v) is 19.4. The van der Waals surface area contributed by atoms with Gasteiger partial charge >= 0.3 is 23.9 Å². The fourth-order valence-electron chi connectivity index (χ4n) is 3.79. The minimum Gasteiger partial charge on any atom is -0.465 e. The summed E-state index contributed by atoms with van der Waals surface area (Å²) in [5.41, 5.74) is 2.22. The Labute approximate surface area is 196 Å². The zero-order chi connectivity index (χ0) is 24.8. The number of nitrogens with one attached hydrogen (secondary N) is 3. The second kappa shape index (κ2) is 10.7. The number of rotatable bonds is 8. The maximum atomic E-state index is 12.9. The second-order valence-corrected chi connectivity index (χ2v) is 7.45. The molecule has 1 aromatic carbocycles. The van der Waals surface area contributed by atoms with Crippen LogP contribution in [-0.4, -0.2) is 49.2 Å². The molecule has 2 aromatic rings. The summed E-state index contributed by atoms with van der Waals surface area (Å²) < 4.78 is 15.4. The van der Waals surface area contributed by atoms with E-state index in [4.69, 9.17) is 14.2 Å². The molecule has 3 N–H and O–H groups in total. The molecule has 0 saturated carbocycles. The highest BCUT2D eigenvalue weighted by Gasteiger charge is 2.34. The molecule has 2 amide bonds. The maximum absolute atomic E-state index is 12.9. The molecule has 0 aliphatic carbocycles. The van der Waals surface area contributed by atoms with Gasteiger partial charge in [0.1, 0.15) is 12.3 Å². The van der Waals surface area contributed by atoms with E-state index in [1.165, 1.54) is 7.11 Å². The number of carbonyl (C=O) groups excluding carboxylic acids is 4. The van der Waals surface area contributed by atoms with Crippen LogP contribution in [0.4, 0.5) is 4.79 Å². The van der Waals surface area contributed by atoms with Gasteiger partial charge in [0.25, 0.3) is 0 Å². The quantitative estimate of drug-likeness (QED) is 0.399. The fourth-order valence-corrected chi connectivity index (χ4v) is 3.79. The van der Waals surface area contributed by atoms with E-state index in [1.807, 2.05) is 13.0 Å². The Balaban J connectivity index is 1.93. The van der Waals surface area contributed by atoms with Crippen molar-refractivity contribution in [3.8, 4) is 0 Å². The Morgan fingerprint density at radius 3 is 2.32 bits per heavy atom. The molecular weight excluding hydrogens is 442 g/mol. The summed E-state index contributed by atoms with van der Waals surface area (Å²) in [4.78, 5) is 53.0. The molecule has 10 heteroatoms. The molecule has 3 rings (SSSR count). The number of esters is 3. The molecule has 2 heterocycles. The molecule has 180 valence electrons. The van der Waals surface area contributed by atoms with E-state index in [9.17, 15) is 19.2 Å². The van der Waals surface area contributed by atoms with Crippen molar-refractivity contribution in [2.45, 2.75) is 33.2 Å². The van der Waals surface area contributed by atoms with Crippen molar-refractivity contribution in [1.82, 2.24) is 15.6 Å². The first-order chi connectivity index (χ1) is 16.3. The largest absolute Gasteiger partial charge is 0.465 e. The molecule has 1 aliphatic heterocycles. The number of aryl methyl sites for hydroxylation is 1. The van der Waals surface area contributed by atoms with E-state index in [-0.39, 0.29) is 29.1 Å². The normalized spacial score (nSPS) is 15.3. The molecule has 0 radical (unpaired) electrons. The number of urea groups is 1.